The lowest BCUT2D eigenvalue weighted by molar-refractivity contribution is -0.138. The first-order valence-electron chi connectivity index (χ1n) is 7.60. The Hall–Kier alpha value is -0.910. The highest BCUT2D eigenvalue weighted by Gasteiger charge is 2.29. The summed E-state index contributed by atoms with van der Waals surface area (Å²) in [7, 11) is 0. The molecule has 0 amide bonds. The van der Waals surface area contributed by atoms with Gasteiger partial charge in [-0.1, -0.05) is 22.0 Å². The summed E-state index contributed by atoms with van der Waals surface area (Å²) >= 11 is 3.55. The van der Waals surface area contributed by atoms with Gasteiger partial charge in [-0.15, -0.1) is 0 Å². The molecule has 1 saturated heterocycles. The second-order valence-electron chi connectivity index (χ2n) is 5.96. The Balaban J connectivity index is 1.68. The molecule has 1 fully saturated rings. The molecule has 2 aliphatic rings. The number of rotatable bonds is 3. The molecule has 0 aromatic heterocycles. The van der Waals surface area contributed by atoms with Crippen LogP contribution in [0.15, 0.2) is 22.7 Å². The van der Waals surface area contributed by atoms with Gasteiger partial charge in [0.1, 0.15) is 0 Å². The van der Waals surface area contributed by atoms with E-state index >= 15 is 0 Å². The van der Waals surface area contributed by atoms with Gasteiger partial charge in [0.2, 0.25) is 0 Å². The molecule has 1 aromatic rings. The van der Waals surface area contributed by atoms with Crippen LogP contribution in [0.25, 0.3) is 0 Å². The smallest absolute Gasteiger partial charge is 0.317 e. The predicted octanol–water partition coefficient (Wildman–Crippen LogP) is 2.53. The van der Waals surface area contributed by atoms with Crippen molar-refractivity contribution in [2.75, 3.05) is 32.7 Å². The maximum Gasteiger partial charge on any atom is 0.317 e. The van der Waals surface area contributed by atoms with Gasteiger partial charge in [-0.2, -0.15) is 0 Å². The topological polar surface area (TPSA) is 43.8 Å². The Morgan fingerprint density at radius 3 is 2.95 bits per heavy atom. The third kappa shape index (κ3) is 3.47. The molecule has 1 aliphatic heterocycles. The molecule has 21 heavy (non-hydrogen) atoms. The van der Waals surface area contributed by atoms with Crippen molar-refractivity contribution >= 4 is 21.9 Å². The lowest BCUT2D eigenvalue weighted by Gasteiger charge is -2.28. The van der Waals surface area contributed by atoms with Gasteiger partial charge < -0.3 is 5.11 Å². The van der Waals surface area contributed by atoms with Crippen molar-refractivity contribution in [3.8, 4) is 0 Å². The summed E-state index contributed by atoms with van der Waals surface area (Å²) in [6.07, 6.45) is 3.38. The zero-order valence-electron chi connectivity index (χ0n) is 12.1. The van der Waals surface area contributed by atoms with E-state index in [4.69, 9.17) is 5.11 Å². The molecule has 1 atom stereocenters. The minimum Gasteiger partial charge on any atom is -0.480 e. The number of fused-ring (bicyclic) bond motifs is 1. The quantitative estimate of drug-likeness (QED) is 0.907. The molecule has 1 aliphatic carbocycles. The summed E-state index contributed by atoms with van der Waals surface area (Å²) in [4.78, 5) is 15.5. The molecule has 1 aromatic carbocycles. The SMILES string of the molecule is O=C(O)CN1CCCN(C2CCc3cc(Br)ccc32)CC1. The Kier molecular flexibility index (Phi) is 4.62. The maximum atomic E-state index is 10.9. The van der Waals surface area contributed by atoms with Crippen LogP contribution in [0.4, 0.5) is 0 Å². The molecule has 0 radical (unpaired) electrons. The summed E-state index contributed by atoms with van der Waals surface area (Å²) < 4.78 is 1.16. The van der Waals surface area contributed by atoms with E-state index in [1.165, 1.54) is 17.5 Å². The van der Waals surface area contributed by atoms with Crippen molar-refractivity contribution in [1.29, 1.82) is 0 Å². The molecular weight excluding hydrogens is 332 g/mol. The first kappa shape index (κ1) is 15.0. The molecule has 1 heterocycles. The van der Waals surface area contributed by atoms with Crippen molar-refractivity contribution in [2.24, 2.45) is 0 Å². The number of aryl methyl sites for hydroxylation is 1. The number of aliphatic carboxylic acids is 1. The third-order valence-electron chi connectivity index (χ3n) is 4.57. The van der Waals surface area contributed by atoms with Gasteiger partial charge in [0, 0.05) is 36.7 Å². The van der Waals surface area contributed by atoms with Gasteiger partial charge in [-0.05, 0) is 42.5 Å². The highest BCUT2D eigenvalue weighted by atomic mass is 79.9. The summed E-state index contributed by atoms with van der Waals surface area (Å²) in [5, 5.41) is 8.93. The molecule has 1 N–H and O–H groups in total. The van der Waals surface area contributed by atoms with Crippen molar-refractivity contribution < 1.29 is 9.90 Å². The standard InChI is InChI=1S/C16H21BrN2O2/c17-13-3-4-14-12(10-13)2-5-15(14)19-7-1-6-18(8-9-19)11-16(20)21/h3-4,10,15H,1-2,5-9,11H2,(H,20,21). The van der Waals surface area contributed by atoms with Crippen LogP contribution in [0.2, 0.25) is 0 Å². The molecule has 1 unspecified atom stereocenters. The summed E-state index contributed by atoms with van der Waals surface area (Å²) in [5.41, 5.74) is 2.92. The van der Waals surface area contributed by atoms with E-state index in [9.17, 15) is 4.79 Å². The Bertz CT molecular complexity index is 535. The first-order valence-corrected chi connectivity index (χ1v) is 8.39. The second kappa shape index (κ2) is 6.46. The predicted molar refractivity (Wildman–Crippen MR) is 85.5 cm³/mol. The van der Waals surface area contributed by atoms with E-state index in [0.717, 1.165) is 43.5 Å². The minimum absolute atomic E-state index is 0.169. The van der Waals surface area contributed by atoms with Gasteiger partial charge in [0.25, 0.3) is 0 Å². The average Bonchev–Trinajstić information content (AvgIpc) is 2.70. The number of carbonyl (C=O) groups is 1. The van der Waals surface area contributed by atoms with Gasteiger partial charge in [0.15, 0.2) is 0 Å². The summed E-state index contributed by atoms with van der Waals surface area (Å²) in [5.74, 6) is -0.723. The number of hydrogen-bond donors (Lipinski definition) is 1. The number of nitrogens with zero attached hydrogens (tertiary/aromatic N) is 2. The molecule has 0 spiro atoms. The molecule has 4 nitrogen and oxygen atoms in total. The number of carboxylic acid groups (broad SMARTS) is 1. The molecule has 0 saturated carbocycles. The van der Waals surface area contributed by atoms with Crippen molar-refractivity contribution in [3.63, 3.8) is 0 Å². The monoisotopic (exact) mass is 352 g/mol. The minimum atomic E-state index is -0.723. The van der Waals surface area contributed by atoms with E-state index < -0.39 is 5.97 Å². The van der Waals surface area contributed by atoms with E-state index in [2.05, 4.69) is 43.9 Å². The average molecular weight is 353 g/mol. The van der Waals surface area contributed by atoms with Gasteiger partial charge >= 0.3 is 5.97 Å². The Labute approximate surface area is 133 Å². The first-order chi connectivity index (χ1) is 10.1. The fourth-order valence-corrected chi connectivity index (χ4v) is 4.00. The molecule has 0 bridgehead atoms. The van der Waals surface area contributed by atoms with Crippen LogP contribution in [-0.2, 0) is 11.2 Å². The van der Waals surface area contributed by atoms with Gasteiger partial charge in [-0.3, -0.25) is 14.6 Å². The van der Waals surface area contributed by atoms with Crippen LogP contribution < -0.4 is 0 Å². The lowest BCUT2D eigenvalue weighted by atomic mass is 10.1. The van der Waals surface area contributed by atoms with Gasteiger partial charge in [0.05, 0.1) is 6.54 Å². The van der Waals surface area contributed by atoms with Crippen molar-refractivity contribution in [1.82, 2.24) is 9.80 Å². The Morgan fingerprint density at radius 2 is 2.14 bits per heavy atom. The fourth-order valence-electron chi connectivity index (χ4n) is 3.59. The normalized spacial score (nSPS) is 23.8. The number of benzene rings is 1. The lowest BCUT2D eigenvalue weighted by Crippen LogP contribution is -2.35. The summed E-state index contributed by atoms with van der Waals surface area (Å²) in [6.45, 7) is 3.95. The number of halogens is 1. The van der Waals surface area contributed by atoms with Crippen LogP contribution in [0.3, 0.4) is 0 Å². The Morgan fingerprint density at radius 1 is 1.29 bits per heavy atom. The third-order valence-corrected chi connectivity index (χ3v) is 5.07. The van der Waals surface area contributed by atoms with Crippen LogP contribution in [0, 0.1) is 0 Å². The fraction of sp³-hybridized carbons (Fsp3) is 0.562. The van der Waals surface area contributed by atoms with E-state index in [0.29, 0.717) is 6.04 Å². The maximum absolute atomic E-state index is 10.9. The molecule has 5 heteroatoms. The largest absolute Gasteiger partial charge is 0.480 e. The van der Waals surface area contributed by atoms with Crippen molar-refractivity contribution in [2.45, 2.75) is 25.3 Å². The molecule has 3 rings (SSSR count). The van der Waals surface area contributed by atoms with Gasteiger partial charge in [-0.25, -0.2) is 0 Å². The van der Waals surface area contributed by atoms with Crippen LogP contribution in [0.5, 0.6) is 0 Å². The van der Waals surface area contributed by atoms with E-state index in [1.807, 2.05) is 0 Å². The highest BCUT2D eigenvalue weighted by molar-refractivity contribution is 9.10. The molecule has 114 valence electrons. The van der Waals surface area contributed by atoms with Crippen LogP contribution in [-0.4, -0.2) is 53.6 Å². The van der Waals surface area contributed by atoms with Crippen molar-refractivity contribution in [3.05, 3.63) is 33.8 Å². The van der Waals surface area contributed by atoms with E-state index in [1.54, 1.807) is 0 Å². The zero-order valence-corrected chi connectivity index (χ0v) is 13.7. The highest BCUT2D eigenvalue weighted by Crippen LogP contribution is 2.37. The zero-order chi connectivity index (χ0) is 14.8. The molecular formula is C16H21BrN2O2. The van der Waals surface area contributed by atoms with Crippen LogP contribution in [0.1, 0.15) is 30.0 Å². The van der Waals surface area contributed by atoms with Crippen LogP contribution >= 0.6 is 15.9 Å². The van der Waals surface area contributed by atoms with E-state index in [-0.39, 0.29) is 6.54 Å². The number of carboxylic acids is 1. The second-order valence-corrected chi connectivity index (χ2v) is 6.87. The number of hydrogen-bond acceptors (Lipinski definition) is 3. The summed E-state index contributed by atoms with van der Waals surface area (Å²) in [6, 6.07) is 7.13.